The smallest absolute Gasteiger partial charge is 0.321 e. The van der Waals surface area contributed by atoms with Crippen molar-refractivity contribution in [3.05, 3.63) is 35.6 Å². The normalized spacial score (nSPS) is 15.6. The topological polar surface area (TPSA) is 61.4 Å². The molecule has 0 spiro atoms. The Morgan fingerprint density at radius 1 is 1.38 bits per heavy atom. The van der Waals surface area contributed by atoms with Crippen LogP contribution in [0.2, 0.25) is 0 Å². The molecule has 0 bridgehead atoms. The largest absolute Gasteiger partial charge is 0.335 e. The third-order valence-corrected chi connectivity index (χ3v) is 3.57. The first-order chi connectivity index (χ1) is 9.97. The fourth-order valence-electron chi connectivity index (χ4n) is 1.90. The summed E-state index contributed by atoms with van der Waals surface area (Å²) in [5.41, 5.74) is 0.516. The molecule has 6 heteroatoms. The minimum Gasteiger partial charge on any atom is -0.335 e. The van der Waals surface area contributed by atoms with Crippen molar-refractivity contribution in [2.75, 3.05) is 7.05 Å². The van der Waals surface area contributed by atoms with E-state index in [1.54, 1.807) is 37.1 Å². The van der Waals surface area contributed by atoms with Crippen LogP contribution in [-0.2, 0) is 11.3 Å². The lowest BCUT2D eigenvalue weighted by Gasteiger charge is -2.23. The van der Waals surface area contributed by atoms with Gasteiger partial charge in [-0.2, -0.15) is 0 Å². The van der Waals surface area contributed by atoms with Crippen LogP contribution in [0.3, 0.4) is 0 Å². The minimum atomic E-state index is -0.533. The van der Waals surface area contributed by atoms with Gasteiger partial charge in [0, 0.05) is 18.2 Å². The van der Waals surface area contributed by atoms with Gasteiger partial charge >= 0.3 is 6.03 Å². The maximum absolute atomic E-state index is 13.6. The van der Waals surface area contributed by atoms with Crippen molar-refractivity contribution in [1.82, 2.24) is 15.5 Å². The van der Waals surface area contributed by atoms with Crippen LogP contribution in [0.1, 0.15) is 25.3 Å². The number of nitrogens with zero attached hydrogens (tertiary/aromatic N) is 1. The van der Waals surface area contributed by atoms with Gasteiger partial charge in [-0.05, 0) is 32.9 Å². The fourth-order valence-corrected chi connectivity index (χ4v) is 1.90. The number of imide groups is 1. The highest BCUT2D eigenvalue weighted by molar-refractivity contribution is 5.96. The lowest BCUT2D eigenvalue weighted by molar-refractivity contribution is -0.124. The van der Waals surface area contributed by atoms with E-state index in [9.17, 15) is 14.0 Å². The summed E-state index contributed by atoms with van der Waals surface area (Å²) in [5.74, 6) is -0.699. The summed E-state index contributed by atoms with van der Waals surface area (Å²) >= 11 is 0. The number of likely N-dealkylation sites (N-methyl/N-ethyl adjacent to an activating group) is 1. The summed E-state index contributed by atoms with van der Waals surface area (Å²) in [6.45, 7) is 1.98. The molecule has 3 amide bonds. The predicted octanol–water partition coefficient (Wildman–Crippen LogP) is 1.63. The number of urea groups is 1. The molecule has 1 fully saturated rings. The van der Waals surface area contributed by atoms with Gasteiger partial charge in [0.15, 0.2) is 0 Å². The monoisotopic (exact) mass is 293 g/mol. The number of carbonyl (C=O) groups is 2. The zero-order chi connectivity index (χ0) is 15.4. The highest BCUT2D eigenvalue weighted by Gasteiger charge is 2.26. The van der Waals surface area contributed by atoms with Crippen LogP contribution >= 0.6 is 0 Å². The Hall–Kier alpha value is -1.95. The molecule has 0 radical (unpaired) electrons. The summed E-state index contributed by atoms with van der Waals surface area (Å²) in [5, 5.41) is 5.00. The van der Waals surface area contributed by atoms with E-state index < -0.39 is 18.0 Å². The van der Waals surface area contributed by atoms with Gasteiger partial charge in [0.2, 0.25) is 5.91 Å². The van der Waals surface area contributed by atoms with Gasteiger partial charge in [-0.15, -0.1) is 0 Å². The number of carbonyl (C=O) groups excluding carboxylic acids is 2. The molecule has 5 nitrogen and oxygen atoms in total. The Morgan fingerprint density at radius 3 is 2.67 bits per heavy atom. The van der Waals surface area contributed by atoms with Crippen molar-refractivity contribution in [3.8, 4) is 0 Å². The zero-order valence-electron chi connectivity index (χ0n) is 12.2. The van der Waals surface area contributed by atoms with E-state index in [0.717, 1.165) is 12.8 Å². The highest BCUT2D eigenvalue weighted by atomic mass is 19.1. The van der Waals surface area contributed by atoms with Crippen molar-refractivity contribution in [1.29, 1.82) is 0 Å². The van der Waals surface area contributed by atoms with Gasteiger partial charge < -0.3 is 5.32 Å². The number of hydrogen-bond donors (Lipinski definition) is 2. The summed E-state index contributed by atoms with van der Waals surface area (Å²) < 4.78 is 13.6. The average Bonchev–Trinajstić information content (AvgIpc) is 3.24. The summed E-state index contributed by atoms with van der Waals surface area (Å²) in [7, 11) is 1.72. The summed E-state index contributed by atoms with van der Waals surface area (Å²) in [6.07, 6.45) is 1.93. The van der Waals surface area contributed by atoms with Crippen LogP contribution < -0.4 is 10.6 Å². The third-order valence-electron chi connectivity index (χ3n) is 3.57. The summed E-state index contributed by atoms with van der Waals surface area (Å²) in [6, 6.07) is 5.64. The maximum atomic E-state index is 13.6. The fraction of sp³-hybridized carbons (Fsp3) is 0.467. The average molecular weight is 293 g/mol. The number of nitrogens with one attached hydrogen (secondary N) is 2. The van der Waals surface area contributed by atoms with Crippen LogP contribution in [0.4, 0.5) is 9.18 Å². The molecule has 114 valence electrons. The number of amides is 3. The van der Waals surface area contributed by atoms with Gasteiger partial charge in [0.05, 0.1) is 6.04 Å². The van der Waals surface area contributed by atoms with E-state index in [1.165, 1.54) is 6.07 Å². The molecular formula is C15H20FN3O2. The van der Waals surface area contributed by atoms with Crippen LogP contribution in [0.15, 0.2) is 24.3 Å². The second kappa shape index (κ2) is 6.67. The van der Waals surface area contributed by atoms with Crippen molar-refractivity contribution in [2.24, 2.45) is 0 Å². The Kier molecular flexibility index (Phi) is 4.90. The van der Waals surface area contributed by atoms with Gasteiger partial charge in [-0.25, -0.2) is 9.18 Å². The van der Waals surface area contributed by atoms with Crippen molar-refractivity contribution in [2.45, 2.75) is 38.4 Å². The number of benzene rings is 1. The molecule has 21 heavy (non-hydrogen) atoms. The van der Waals surface area contributed by atoms with E-state index in [0.29, 0.717) is 12.1 Å². The second-order valence-corrected chi connectivity index (χ2v) is 5.42. The van der Waals surface area contributed by atoms with E-state index >= 15 is 0 Å². The Balaban J connectivity index is 1.85. The highest BCUT2D eigenvalue weighted by Crippen LogP contribution is 2.18. The molecule has 1 atom stereocenters. The van der Waals surface area contributed by atoms with E-state index in [2.05, 4.69) is 10.6 Å². The van der Waals surface area contributed by atoms with Gasteiger partial charge in [-0.1, -0.05) is 18.2 Å². The quantitative estimate of drug-likeness (QED) is 0.867. The first-order valence-electron chi connectivity index (χ1n) is 7.02. The first-order valence-corrected chi connectivity index (χ1v) is 7.02. The predicted molar refractivity (Wildman–Crippen MR) is 77.0 cm³/mol. The van der Waals surface area contributed by atoms with Gasteiger partial charge in [-0.3, -0.25) is 15.0 Å². The van der Waals surface area contributed by atoms with Crippen LogP contribution in [0, 0.1) is 5.82 Å². The molecule has 0 saturated heterocycles. The molecule has 0 heterocycles. The number of rotatable bonds is 5. The molecule has 1 aliphatic rings. The van der Waals surface area contributed by atoms with Crippen LogP contribution in [0.5, 0.6) is 0 Å². The molecule has 2 N–H and O–H groups in total. The Bertz CT molecular complexity index is 531. The van der Waals surface area contributed by atoms with Gasteiger partial charge in [0.1, 0.15) is 5.82 Å². The third kappa shape index (κ3) is 4.53. The summed E-state index contributed by atoms with van der Waals surface area (Å²) in [4.78, 5) is 25.2. The minimum absolute atomic E-state index is 0.198. The molecule has 1 saturated carbocycles. The van der Waals surface area contributed by atoms with Crippen LogP contribution in [-0.4, -0.2) is 36.0 Å². The van der Waals surface area contributed by atoms with Gasteiger partial charge in [0.25, 0.3) is 0 Å². The Morgan fingerprint density at radius 2 is 2.05 bits per heavy atom. The molecule has 1 aromatic carbocycles. The first kappa shape index (κ1) is 15.4. The van der Waals surface area contributed by atoms with E-state index in [1.807, 2.05) is 0 Å². The molecule has 0 unspecified atom stereocenters. The molecule has 1 aromatic rings. The lowest BCUT2D eigenvalue weighted by atomic mass is 10.1. The standard InChI is InChI=1S/C15H20FN3O2/c1-10(14(20)18-15(21)17-12-7-8-12)19(2)9-11-5-3-4-6-13(11)16/h3-6,10,12H,7-9H2,1-2H3,(H2,17,18,20,21)/t10-/m0/s1. The van der Waals surface area contributed by atoms with Crippen molar-refractivity contribution < 1.29 is 14.0 Å². The van der Waals surface area contributed by atoms with Crippen LogP contribution in [0.25, 0.3) is 0 Å². The maximum Gasteiger partial charge on any atom is 0.321 e. The number of halogens is 1. The second-order valence-electron chi connectivity index (χ2n) is 5.42. The zero-order valence-corrected chi connectivity index (χ0v) is 12.2. The molecular weight excluding hydrogens is 273 g/mol. The number of hydrogen-bond acceptors (Lipinski definition) is 3. The van der Waals surface area contributed by atoms with Crippen molar-refractivity contribution in [3.63, 3.8) is 0 Å². The lowest BCUT2D eigenvalue weighted by Crippen LogP contribution is -2.48. The van der Waals surface area contributed by atoms with Crippen molar-refractivity contribution >= 4 is 11.9 Å². The van der Waals surface area contributed by atoms with E-state index in [4.69, 9.17) is 0 Å². The molecule has 1 aliphatic carbocycles. The molecule has 2 rings (SSSR count). The molecule has 0 aromatic heterocycles. The van der Waals surface area contributed by atoms with E-state index in [-0.39, 0.29) is 11.9 Å². The molecule has 0 aliphatic heterocycles. The SMILES string of the molecule is C[C@@H](C(=O)NC(=O)NC1CC1)N(C)Cc1ccccc1F. The Labute approximate surface area is 123 Å².